The summed E-state index contributed by atoms with van der Waals surface area (Å²) in [7, 11) is 3.64. The van der Waals surface area contributed by atoms with Gasteiger partial charge in [0.25, 0.3) is 5.91 Å². The minimum Gasteiger partial charge on any atom is -0.383 e. The first kappa shape index (κ1) is 20.0. The summed E-state index contributed by atoms with van der Waals surface area (Å²) in [6.07, 6.45) is 1.69. The van der Waals surface area contributed by atoms with Crippen molar-refractivity contribution >= 4 is 33.5 Å². The first-order chi connectivity index (χ1) is 15.5. The van der Waals surface area contributed by atoms with E-state index < -0.39 is 0 Å². The van der Waals surface area contributed by atoms with Gasteiger partial charge >= 0.3 is 0 Å². The zero-order valence-electron chi connectivity index (χ0n) is 18.1. The molecule has 0 fully saturated rings. The topological polar surface area (TPSA) is 99.2 Å². The number of aryl methyl sites for hydroxylation is 1. The van der Waals surface area contributed by atoms with Crippen LogP contribution in [0.1, 0.15) is 40.3 Å². The molecule has 0 aliphatic carbocycles. The predicted molar refractivity (Wildman–Crippen MR) is 122 cm³/mol. The molecular weight excluding hydrogens is 404 g/mol. The Morgan fingerprint density at radius 3 is 2.91 bits per heavy atom. The van der Waals surface area contributed by atoms with E-state index >= 15 is 0 Å². The number of ether oxygens (including phenoxy) is 1. The summed E-state index contributed by atoms with van der Waals surface area (Å²) < 4.78 is 7.51. The van der Waals surface area contributed by atoms with E-state index in [-0.39, 0.29) is 11.9 Å². The van der Waals surface area contributed by atoms with Crippen LogP contribution in [-0.4, -0.2) is 44.2 Å². The lowest BCUT2D eigenvalue weighted by molar-refractivity contribution is 0.0330. The van der Waals surface area contributed by atoms with E-state index in [0.717, 1.165) is 33.1 Å². The van der Waals surface area contributed by atoms with Crippen molar-refractivity contribution in [1.82, 2.24) is 24.6 Å². The number of nitrogen functional groups attached to an aromatic ring is 1. The fourth-order valence-corrected chi connectivity index (χ4v) is 4.24. The molecule has 160 valence electrons. The number of likely N-dealkylation sites (N-methyl/N-ethyl adjacent to an activating group) is 1. The molecule has 1 aliphatic heterocycles. The van der Waals surface area contributed by atoms with Gasteiger partial charge in [-0.15, -0.1) is 0 Å². The van der Waals surface area contributed by atoms with Gasteiger partial charge in [0.1, 0.15) is 11.5 Å². The predicted octanol–water partition coefficient (Wildman–Crippen LogP) is 2.81. The molecule has 1 aliphatic rings. The third kappa shape index (κ3) is 3.15. The van der Waals surface area contributed by atoms with E-state index in [4.69, 9.17) is 10.5 Å². The van der Waals surface area contributed by atoms with Crippen molar-refractivity contribution < 1.29 is 9.53 Å². The van der Waals surface area contributed by atoms with Crippen LogP contribution in [0, 0.1) is 11.8 Å². The lowest BCUT2D eigenvalue weighted by atomic mass is 10.0. The Balaban J connectivity index is 1.53. The highest BCUT2D eigenvalue weighted by Gasteiger charge is 2.29. The Labute approximate surface area is 185 Å². The number of hydrogen-bond donors (Lipinski definition) is 1. The summed E-state index contributed by atoms with van der Waals surface area (Å²) >= 11 is 0. The second kappa shape index (κ2) is 7.62. The number of anilines is 1. The summed E-state index contributed by atoms with van der Waals surface area (Å²) in [5.41, 5.74) is 10.7. The fraction of sp³-hybridized carbons (Fsp3) is 0.250. The molecule has 1 aromatic carbocycles. The number of pyridine rings is 2. The number of nitrogens with two attached hydrogens (primary N) is 1. The van der Waals surface area contributed by atoms with E-state index in [9.17, 15) is 4.79 Å². The number of nitrogens with zero attached hydrogens (tertiary/aromatic N) is 5. The Bertz CT molecular complexity index is 1450. The summed E-state index contributed by atoms with van der Waals surface area (Å²) in [5.74, 6) is 6.14. The summed E-state index contributed by atoms with van der Waals surface area (Å²) in [6.45, 7) is 2.60. The van der Waals surface area contributed by atoms with Crippen molar-refractivity contribution in [3.8, 4) is 11.8 Å². The molecule has 1 atom stereocenters. The summed E-state index contributed by atoms with van der Waals surface area (Å²) in [5, 5.41) is 5.90. The quantitative estimate of drug-likeness (QED) is 0.495. The molecule has 0 saturated carbocycles. The van der Waals surface area contributed by atoms with Gasteiger partial charge in [0.05, 0.1) is 47.6 Å². The number of hydrogen-bond acceptors (Lipinski definition) is 6. The maximum absolute atomic E-state index is 13.5. The van der Waals surface area contributed by atoms with Crippen LogP contribution in [0.25, 0.3) is 21.8 Å². The third-order valence-corrected chi connectivity index (χ3v) is 5.88. The van der Waals surface area contributed by atoms with Gasteiger partial charge in [0.2, 0.25) is 0 Å². The standard InChI is InChI=1S/C24H22N6O2/c1-4-5-15-7-8-16-20(27-15)12-32-13-21(16)29(2)24(31)14-6-9-19-17(10-14)22-18(23(25)28-19)11-26-30(22)3/h6-11,21H,12-13H2,1-3H3,(H2,25,28). The van der Waals surface area contributed by atoms with Gasteiger partial charge in [0.15, 0.2) is 0 Å². The normalized spacial score (nSPS) is 15.3. The first-order valence-electron chi connectivity index (χ1n) is 10.3. The number of carbonyl (C=O) groups is 1. The molecule has 4 aromatic rings. The first-order valence-corrected chi connectivity index (χ1v) is 10.3. The van der Waals surface area contributed by atoms with E-state index in [2.05, 4.69) is 26.9 Å². The number of benzene rings is 1. The molecular formula is C24H22N6O2. The summed E-state index contributed by atoms with van der Waals surface area (Å²) in [6, 6.07) is 9.09. The molecule has 8 nitrogen and oxygen atoms in total. The van der Waals surface area contributed by atoms with Crippen molar-refractivity contribution in [1.29, 1.82) is 0 Å². The van der Waals surface area contributed by atoms with Crippen LogP contribution >= 0.6 is 0 Å². The highest BCUT2D eigenvalue weighted by Crippen LogP contribution is 2.31. The minimum atomic E-state index is -0.237. The molecule has 0 bridgehead atoms. The lowest BCUT2D eigenvalue weighted by Crippen LogP contribution is -2.36. The van der Waals surface area contributed by atoms with E-state index in [0.29, 0.717) is 30.3 Å². The van der Waals surface area contributed by atoms with Crippen molar-refractivity contribution in [3.63, 3.8) is 0 Å². The molecule has 8 heteroatoms. The number of carbonyl (C=O) groups excluding carboxylic acids is 1. The zero-order valence-corrected chi connectivity index (χ0v) is 18.1. The second-order valence-corrected chi connectivity index (χ2v) is 7.81. The Morgan fingerprint density at radius 1 is 1.25 bits per heavy atom. The smallest absolute Gasteiger partial charge is 0.254 e. The van der Waals surface area contributed by atoms with Crippen LogP contribution in [0.3, 0.4) is 0 Å². The Kier molecular flexibility index (Phi) is 4.76. The van der Waals surface area contributed by atoms with E-state index in [1.165, 1.54) is 0 Å². The SMILES string of the molecule is CC#Cc1ccc2c(n1)COCC2N(C)C(=O)c1ccc2nc(N)c3cnn(C)c3c2c1. The second-order valence-electron chi connectivity index (χ2n) is 7.81. The van der Waals surface area contributed by atoms with Gasteiger partial charge < -0.3 is 15.4 Å². The molecule has 32 heavy (non-hydrogen) atoms. The van der Waals surface area contributed by atoms with Crippen molar-refractivity contribution in [2.45, 2.75) is 19.6 Å². The van der Waals surface area contributed by atoms with Crippen LogP contribution in [0.2, 0.25) is 0 Å². The van der Waals surface area contributed by atoms with Crippen molar-refractivity contribution in [2.24, 2.45) is 7.05 Å². The molecule has 1 unspecified atom stereocenters. The third-order valence-electron chi connectivity index (χ3n) is 5.88. The average Bonchev–Trinajstić information content (AvgIpc) is 3.20. The largest absolute Gasteiger partial charge is 0.383 e. The average molecular weight is 426 g/mol. The van der Waals surface area contributed by atoms with Crippen LogP contribution in [0.4, 0.5) is 5.82 Å². The highest BCUT2D eigenvalue weighted by molar-refractivity contribution is 6.10. The maximum atomic E-state index is 13.5. The number of aromatic nitrogens is 4. The van der Waals surface area contributed by atoms with Gasteiger partial charge in [-0.3, -0.25) is 9.48 Å². The molecule has 1 amide bonds. The van der Waals surface area contributed by atoms with Crippen LogP contribution in [0.15, 0.2) is 36.5 Å². The Hall–Kier alpha value is -3.96. The maximum Gasteiger partial charge on any atom is 0.254 e. The van der Waals surface area contributed by atoms with Crippen LogP contribution in [-0.2, 0) is 18.4 Å². The Morgan fingerprint density at radius 2 is 2.09 bits per heavy atom. The fourth-order valence-electron chi connectivity index (χ4n) is 4.24. The van der Waals surface area contributed by atoms with Gasteiger partial charge in [-0.1, -0.05) is 12.0 Å². The monoisotopic (exact) mass is 426 g/mol. The molecule has 0 saturated heterocycles. The van der Waals surface area contributed by atoms with Crippen molar-refractivity contribution in [3.05, 3.63) is 59.0 Å². The zero-order chi connectivity index (χ0) is 22.4. The molecule has 0 spiro atoms. The van der Waals surface area contributed by atoms with E-state index in [1.54, 1.807) is 35.8 Å². The van der Waals surface area contributed by atoms with Gasteiger partial charge in [-0.25, -0.2) is 9.97 Å². The molecule has 5 rings (SSSR count). The van der Waals surface area contributed by atoms with Crippen molar-refractivity contribution in [2.75, 3.05) is 19.4 Å². The van der Waals surface area contributed by atoms with Crippen LogP contribution in [0.5, 0.6) is 0 Å². The molecule has 0 radical (unpaired) electrons. The van der Waals surface area contributed by atoms with E-state index in [1.807, 2.05) is 31.3 Å². The molecule has 3 aromatic heterocycles. The summed E-state index contributed by atoms with van der Waals surface area (Å²) in [4.78, 5) is 24.2. The van der Waals surface area contributed by atoms with Gasteiger partial charge in [-0.05, 0) is 37.1 Å². The molecule has 4 heterocycles. The van der Waals surface area contributed by atoms with Gasteiger partial charge in [0, 0.05) is 30.6 Å². The van der Waals surface area contributed by atoms with Gasteiger partial charge in [-0.2, -0.15) is 5.10 Å². The minimum absolute atomic E-state index is 0.113. The number of rotatable bonds is 2. The molecule has 2 N–H and O–H groups in total. The number of amides is 1. The lowest BCUT2D eigenvalue weighted by Gasteiger charge is -2.32. The van der Waals surface area contributed by atoms with Crippen LogP contribution < -0.4 is 5.73 Å². The highest BCUT2D eigenvalue weighted by atomic mass is 16.5. The number of fused-ring (bicyclic) bond motifs is 4.